The van der Waals surface area contributed by atoms with Gasteiger partial charge in [0.25, 0.3) is 5.91 Å². The monoisotopic (exact) mass is 374 g/mol. The highest BCUT2D eigenvalue weighted by Crippen LogP contribution is 2.26. The minimum absolute atomic E-state index is 0.0190. The van der Waals surface area contributed by atoms with Crippen molar-refractivity contribution in [2.24, 2.45) is 5.14 Å². The van der Waals surface area contributed by atoms with E-state index in [9.17, 15) is 13.2 Å². The number of hydrogen-bond donors (Lipinski definition) is 2. The van der Waals surface area contributed by atoms with Gasteiger partial charge in [0, 0.05) is 0 Å². The van der Waals surface area contributed by atoms with Gasteiger partial charge in [-0.3, -0.25) is 4.79 Å². The summed E-state index contributed by atoms with van der Waals surface area (Å²) in [5.41, 5.74) is 3.30. The van der Waals surface area contributed by atoms with Crippen LogP contribution in [0.25, 0.3) is 0 Å². The second-order valence-electron chi connectivity index (χ2n) is 6.48. The number of ether oxygens (including phenoxy) is 1. The quantitative estimate of drug-likeness (QED) is 0.809. The molecule has 138 valence electrons. The third kappa shape index (κ3) is 4.42. The third-order valence-corrected chi connectivity index (χ3v) is 5.42. The fraction of sp³-hybridized carbons (Fsp3) is 0.316. The van der Waals surface area contributed by atoms with Crippen molar-refractivity contribution in [3.05, 3.63) is 59.2 Å². The molecule has 3 rings (SSSR count). The summed E-state index contributed by atoms with van der Waals surface area (Å²) in [4.78, 5) is 12.2. The summed E-state index contributed by atoms with van der Waals surface area (Å²) in [6.45, 7) is 1.67. The van der Waals surface area contributed by atoms with E-state index in [4.69, 9.17) is 9.88 Å². The molecule has 1 amide bonds. The molecular weight excluding hydrogens is 352 g/mol. The maximum atomic E-state index is 12.1. The molecule has 0 saturated carbocycles. The Labute approximate surface area is 153 Å². The average molecular weight is 374 g/mol. The van der Waals surface area contributed by atoms with Gasteiger partial charge in [-0.25, -0.2) is 13.6 Å². The van der Waals surface area contributed by atoms with Gasteiger partial charge in [-0.2, -0.15) is 0 Å². The molecule has 1 aliphatic rings. The van der Waals surface area contributed by atoms with Crippen LogP contribution in [0.5, 0.6) is 5.75 Å². The molecule has 0 unspecified atom stereocenters. The molecular formula is C19H22N2O4S. The Morgan fingerprint density at radius 2 is 1.96 bits per heavy atom. The number of benzene rings is 2. The van der Waals surface area contributed by atoms with Crippen LogP contribution >= 0.6 is 0 Å². The summed E-state index contributed by atoms with van der Waals surface area (Å²) in [5.74, 6) is 0.406. The van der Waals surface area contributed by atoms with Gasteiger partial charge in [-0.15, -0.1) is 0 Å². The minimum atomic E-state index is -3.78. The molecule has 1 aliphatic carbocycles. The van der Waals surface area contributed by atoms with Crippen LogP contribution in [0.4, 0.5) is 0 Å². The molecule has 0 heterocycles. The van der Waals surface area contributed by atoms with Crippen molar-refractivity contribution >= 4 is 15.9 Å². The zero-order valence-electron chi connectivity index (χ0n) is 14.6. The fourth-order valence-electron chi connectivity index (χ4n) is 3.11. The molecule has 2 aromatic carbocycles. The largest absolute Gasteiger partial charge is 0.484 e. The molecule has 0 saturated heterocycles. The van der Waals surface area contributed by atoms with Crippen LogP contribution < -0.4 is 15.2 Å². The van der Waals surface area contributed by atoms with E-state index in [0.717, 1.165) is 19.3 Å². The molecule has 0 aromatic heterocycles. The summed E-state index contributed by atoms with van der Waals surface area (Å²) < 4.78 is 28.5. The van der Waals surface area contributed by atoms with Crippen molar-refractivity contribution in [3.8, 4) is 5.75 Å². The van der Waals surface area contributed by atoms with E-state index in [1.54, 1.807) is 19.1 Å². The van der Waals surface area contributed by atoms with Gasteiger partial charge in [-0.1, -0.05) is 18.2 Å². The highest BCUT2D eigenvalue weighted by molar-refractivity contribution is 7.89. The number of carbonyl (C=O) groups is 1. The lowest BCUT2D eigenvalue weighted by molar-refractivity contribution is -0.123. The third-order valence-electron chi connectivity index (χ3n) is 4.50. The van der Waals surface area contributed by atoms with E-state index in [-0.39, 0.29) is 23.5 Å². The van der Waals surface area contributed by atoms with Gasteiger partial charge in [0.05, 0.1) is 10.9 Å². The van der Waals surface area contributed by atoms with Crippen LogP contribution in [-0.2, 0) is 27.7 Å². The van der Waals surface area contributed by atoms with E-state index in [2.05, 4.69) is 11.4 Å². The molecule has 3 N–H and O–H groups in total. The molecule has 7 heteroatoms. The average Bonchev–Trinajstić information content (AvgIpc) is 3.07. The number of hydrogen-bond acceptors (Lipinski definition) is 4. The zero-order valence-corrected chi connectivity index (χ0v) is 15.4. The number of rotatable bonds is 6. The summed E-state index contributed by atoms with van der Waals surface area (Å²) in [6, 6.07) is 11.8. The first-order valence-electron chi connectivity index (χ1n) is 8.49. The van der Waals surface area contributed by atoms with Crippen LogP contribution in [0.2, 0.25) is 0 Å². The molecule has 0 spiro atoms. The van der Waals surface area contributed by atoms with Gasteiger partial charge in [-0.05, 0) is 67.1 Å². The van der Waals surface area contributed by atoms with Gasteiger partial charge in [0.15, 0.2) is 6.61 Å². The van der Waals surface area contributed by atoms with Crippen molar-refractivity contribution in [1.82, 2.24) is 5.32 Å². The van der Waals surface area contributed by atoms with E-state index in [0.29, 0.717) is 11.3 Å². The second kappa shape index (κ2) is 7.47. The normalized spacial score (nSPS) is 14.5. The summed E-state index contributed by atoms with van der Waals surface area (Å²) >= 11 is 0. The van der Waals surface area contributed by atoms with Crippen LogP contribution in [0.15, 0.2) is 47.4 Å². The van der Waals surface area contributed by atoms with Gasteiger partial charge in [0.1, 0.15) is 5.75 Å². The number of carbonyl (C=O) groups excluding carboxylic acids is 1. The van der Waals surface area contributed by atoms with Gasteiger partial charge < -0.3 is 10.1 Å². The maximum Gasteiger partial charge on any atom is 0.258 e. The van der Waals surface area contributed by atoms with Crippen LogP contribution in [0.3, 0.4) is 0 Å². The lowest BCUT2D eigenvalue weighted by Gasteiger charge is -2.15. The van der Waals surface area contributed by atoms with Gasteiger partial charge in [0.2, 0.25) is 10.0 Å². The number of nitrogens with one attached hydrogen (secondary N) is 1. The van der Waals surface area contributed by atoms with Crippen LogP contribution in [-0.4, -0.2) is 20.9 Å². The predicted octanol–water partition coefficient (Wildman–Crippen LogP) is 2.08. The molecule has 0 fully saturated rings. The Morgan fingerprint density at radius 3 is 2.73 bits per heavy atom. The van der Waals surface area contributed by atoms with Crippen molar-refractivity contribution in [2.45, 2.75) is 37.1 Å². The fourth-order valence-corrected chi connectivity index (χ4v) is 3.68. The molecule has 1 atom stereocenters. The lowest BCUT2D eigenvalue weighted by Crippen LogP contribution is -2.31. The van der Waals surface area contributed by atoms with Crippen molar-refractivity contribution in [2.75, 3.05) is 6.61 Å². The lowest BCUT2D eigenvalue weighted by atomic mass is 10.1. The Bertz CT molecular complexity index is 925. The minimum Gasteiger partial charge on any atom is -0.484 e. The highest BCUT2D eigenvalue weighted by atomic mass is 32.2. The number of sulfonamides is 1. The van der Waals surface area contributed by atoms with E-state index in [1.165, 1.54) is 23.3 Å². The maximum absolute atomic E-state index is 12.1. The smallest absolute Gasteiger partial charge is 0.258 e. The van der Waals surface area contributed by atoms with Crippen molar-refractivity contribution in [3.63, 3.8) is 0 Å². The van der Waals surface area contributed by atoms with E-state index < -0.39 is 10.0 Å². The van der Waals surface area contributed by atoms with Crippen molar-refractivity contribution in [1.29, 1.82) is 0 Å². The molecule has 0 bridgehead atoms. The van der Waals surface area contributed by atoms with Gasteiger partial charge >= 0.3 is 0 Å². The zero-order chi connectivity index (χ0) is 18.7. The summed E-state index contributed by atoms with van der Waals surface area (Å²) in [6.07, 6.45) is 3.32. The Morgan fingerprint density at radius 1 is 1.19 bits per heavy atom. The first-order valence-corrected chi connectivity index (χ1v) is 10.0. The topological polar surface area (TPSA) is 98.5 Å². The molecule has 2 aromatic rings. The molecule has 0 aliphatic heterocycles. The predicted molar refractivity (Wildman–Crippen MR) is 98.3 cm³/mol. The number of aryl methyl sites for hydroxylation is 2. The number of fused-ring (bicyclic) bond motifs is 1. The Balaban J connectivity index is 1.58. The summed E-state index contributed by atoms with van der Waals surface area (Å²) in [7, 11) is -3.78. The SMILES string of the molecule is C[C@H](NC(=O)COc1ccc2c(c1)CCC2)c1cccc(S(N)(=O)=O)c1. The highest BCUT2D eigenvalue weighted by Gasteiger charge is 2.15. The van der Waals surface area contributed by atoms with Crippen LogP contribution in [0.1, 0.15) is 36.1 Å². The Kier molecular flexibility index (Phi) is 5.29. The standard InChI is InChI=1S/C19H22N2O4S/c1-13(15-5-3-7-18(11-15)26(20,23)24)21-19(22)12-25-17-9-8-14-4-2-6-16(14)10-17/h3,5,7-11,13H,2,4,6,12H2,1H3,(H,21,22)(H2,20,23,24)/t13-/m0/s1. The Hall–Kier alpha value is -2.38. The molecule has 26 heavy (non-hydrogen) atoms. The first kappa shape index (κ1) is 18.4. The first-order chi connectivity index (χ1) is 12.3. The summed E-state index contributed by atoms with van der Waals surface area (Å²) in [5, 5.41) is 7.94. The number of nitrogens with two attached hydrogens (primary N) is 1. The van der Waals surface area contributed by atoms with E-state index in [1.807, 2.05) is 12.1 Å². The second-order valence-corrected chi connectivity index (χ2v) is 8.04. The van der Waals surface area contributed by atoms with E-state index >= 15 is 0 Å². The van der Waals surface area contributed by atoms with Crippen LogP contribution in [0, 0.1) is 0 Å². The molecule has 6 nitrogen and oxygen atoms in total. The number of primary sulfonamides is 1. The number of amides is 1. The molecule has 0 radical (unpaired) electrons. The van der Waals surface area contributed by atoms with Crippen molar-refractivity contribution < 1.29 is 17.9 Å².